The quantitative estimate of drug-likeness (QED) is 0.646. The summed E-state index contributed by atoms with van der Waals surface area (Å²) in [7, 11) is 0. The first-order valence-corrected chi connectivity index (χ1v) is 7.22. The molecule has 2 N–H and O–H groups in total. The van der Waals surface area contributed by atoms with E-state index in [2.05, 4.69) is 21.2 Å². The van der Waals surface area contributed by atoms with Crippen LogP contribution >= 0.6 is 15.9 Å². The van der Waals surface area contributed by atoms with Crippen molar-refractivity contribution in [3.63, 3.8) is 0 Å². The summed E-state index contributed by atoms with van der Waals surface area (Å²) in [5.41, 5.74) is 0.603. The van der Waals surface area contributed by atoms with Crippen LogP contribution in [0.5, 0.6) is 5.75 Å². The highest BCUT2D eigenvalue weighted by Crippen LogP contribution is 2.25. The molecule has 5 nitrogen and oxygen atoms in total. The highest BCUT2D eigenvalue weighted by molar-refractivity contribution is 9.10. The summed E-state index contributed by atoms with van der Waals surface area (Å²) in [6.45, 7) is 2.03. The SMILES string of the molecule is Cc1ccc(CNC(=O)/C(C#N)=C/c2ccc(O)c(Br)c2)o1. The van der Waals surface area contributed by atoms with Crippen molar-refractivity contribution in [1.29, 1.82) is 5.26 Å². The molecule has 6 heteroatoms. The molecule has 0 atom stereocenters. The number of benzene rings is 1. The second-order valence-electron chi connectivity index (χ2n) is 4.58. The molecule has 112 valence electrons. The summed E-state index contributed by atoms with van der Waals surface area (Å²) < 4.78 is 5.83. The molecule has 0 aliphatic rings. The largest absolute Gasteiger partial charge is 0.507 e. The van der Waals surface area contributed by atoms with E-state index < -0.39 is 5.91 Å². The minimum Gasteiger partial charge on any atom is -0.507 e. The third kappa shape index (κ3) is 3.99. The molecule has 1 aromatic heterocycles. The van der Waals surface area contributed by atoms with Gasteiger partial charge in [0.2, 0.25) is 0 Å². The first-order valence-electron chi connectivity index (χ1n) is 6.43. The van der Waals surface area contributed by atoms with E-state index in [0.29, 0.717) is 15.8 Å². The van der Waals surface area contributed by atoms with Gasteiger partial charge in [0, 0.05) is 0 Å². The van der Waals surface area contributed by atoms with Gasteiger partial charge < -0.3 is 14.8 Å². The average Bonchev–Trinajstić information content (AvgIpc) is 2.91. The lowest BCUT2D eigenvalue weighted by atomic mass is 10.1. The first kappa shape index (κ1) is 15.9. The van der Waals surface area contributed by atoms with Crippen LogP contribution in [0, 0.1) is 18.3 Å². The molecule has 0 saturated carbocycles. The molecule has 2 rings (SSSR count). The fourth-order valence-corrected chi connectivity index (χ4v) is 2.17. The zero-order chi connectivity index (χ0) is 16.1. The van der Waals surface area contributed by atoms with Crippen LogP contribution in [0.1, 0.15) is 17.1 Å². The maximum absolute atomic E-state index is 12.0. The molecular formula is C16H13BrN2O3. The Labute approximate surface area is 136 Å². The highest BCUT2D eigenvalue weighted by Gasteiger charge is 2.10. The topological polar surface area (TPSA) is 86.3 Å². The van der Waals surface area contributed by atoms with E-state index in [0.717, 1.165) is 5.76 Å². The molecule has 1 aromatic carbocycles. The zero-order valence-electron chi connectivity index (χ0n) is 11.8. The van der Waals surface area contributed by atoms with Gasteiger partial charge in [-0.3, -0.25) is 4.79 Å². The van der Waals surface area contributed by atoms with Crippen LogP contribution < -0.4 is 5.32 Å². The van der Waals surface area contributed by atoms with E-state index in [4.69, 9.17) is 9.68 Å². The Morgan fingerprint density at radius 1 is 1.45 bits per heavy atom. The number of phenols is 1. The van der Waals surface area contributed by atoms with Crippen molar-refractivity contribution in [1.82, 2.24) is 5.32 Å². The molecule has 2 aromatic rings. The van der Waals surface area contributed by atoms with Gasteiger partial charge in [-0.25, -0.2) is 0 Å². The number of aryl methyl sites for hydroxylation is 1. The van der Waals surface area contributed by atoms with Crippen LogP contribution in [0.4, 0.5) is 0 Å². The van der Waals surface area contributed by atoms with Crippen LogP contribution in [-0.4, -0.2) is 11.0 Å². The van der Waals surface area contributed by atoms with E-state index in [-0.39, 0.29) is 17.9 Å². The lowest BCUT2D eigenvalue weighted by Crippen LogP contribution is -2.23. The average molecular weight is 361 g/mol. The van der Waals surface area contributed by atoms with Gasteiger partial charge in [-0.1, -0.05) is 6.07 Å². The van der Waals surface area contributed by atoms with Gasteiger partial charge >= 0.3 is 0 Å². The second-order valence-corrected chi connectivity index (χ2v) is 5.43. The summed E-state index contributed by atoms with van der Waals surface area (Å²) in [6.07, 6.45) is 1.45. The summed E-state index contributed by atoms with van der Waals surface area (Å²) in [5, 5.41) is 21.2. The summed E-state index contributed by atoms with van der Waals surface area (Å²) >= 11 is 3.18. The van der Waals surface area contributed by atoms with E-state index in [9.17, 15) is 9.90 Å². The molecule has 1 heterocycles. The third-order valence-corrected chi connectivity index (χ3v) is 3.50. The Kier molecular flexibility index (Phi) is 5.02. The zero-order valence-corrected chi connectivity index (χ0v) is 13.3. The first-order chi connectivity index (χ1) is 10.5. The van der Waals surface area contributed by atoms with Gasteiger partial charge in [0.1, 0.15) is 28.9 Å². The van der Waals surface area contributed by atoms with Crippen molar-refractivity contribution in [3.8, 4) is 11.8 Å². The number of phenolic OH excluding ortho intramolecular Hbond substituents is 1. The number of nitrogens with zero attached hydrogens (tertiary/aromatic N) is 1. The lowest BCUT2D eigenvalue weighted by molar-refractivity contribution is -0.117. The predicted molar refractivity (Wildman–Crippen MR) is 84.7 cm³/mol. The van der Waals surface area contributed by atoms with Gasteiger partial charge in [-0.2, -0.15) is 5.26 Å². The molecule has 0 fully saturated rings. The van der Waals surface area contributed by atoms with E-state index >= 15 is 0 Å². The Bertz CT molecular complexity index is 772. The van der Waals surface area contributed by atoms with Gasteiger partial charge in [-0.15, -0.1) is 0 Å². The number of aromatic hydroxyl groups is 1. The molecule has 0 spiro atoms. The number of hydrogen-bond donors (Lipinski definition) is 2. The van der Waals surface area contributed by atoms with Crippen molar-refractivity contribution >= 4 is 27.9 Å². The van der Waals surface area contributed by atoms with Gasteiger partial charge in [0.05, 0.1) is 11.0 Å². The molecule has 0 saturated heterocycles. The number of carbonyl (C=O) groups excluding carboxylic acids is 1. The summed E-state index contributed by atoms with van der Waals surface area (Å²) in [6, 6.07) is 10.1. The number of rotatable bonds is 4. The maximum Gasteiger partial charge on any atom is 0.262 e. The van der Waals surface area contributed by atoms with Crippen molar-refractivity contribution in [2.75, 3.05) is 0 Å². The van der Waals surface area contributed by atoms with Gasteiger partial charge in [0.25, 0.3) is 5.91 Å². The van der Waals surface area contributed by atoms with Gasteiger partial charge in [-0.05, 0) is 58.8 Å². The molecular weight excluding hydrogens is 348 g/mol. The van der Waals surface area contributed by atoms with E-state index in [1.807, 2.05) is 13.0 Å². The number of furan rings is 1. The molecule has 0 aliphatic carbocycles. The lowest BCUT2D eigenvalue weighted by Gasteiger charge is -2.03. The molecule has 0 radical (unpaired) electrons. The standard InChI is InChI=1S/C16H13BrN2O3/c1-10-2-4-13(22-10)9-19-16(21)12(8-18)6-11-3-5-15(20)14(17)7-11/h2-7,20H,9H2,1H3,(H,19,21)/b12-6+. The number of hydrogen-bond acceptors (Lipinski definition) is 4. The Balaban J connectivity index is 2.09. The molecule has 0 unspecified atom stereocenters. The number of carbonyl (C=O) groups is 1. The Hall–Kier alpha value is -2.52. The van der Waals surface area contributed by atoms with Crippen molar-refractivity contribution in [3.05, 3.63) is 57.5 Å². The van der Waals surface area contributed by atoms with Crippen LogP contribution in [0.2, 0.25) is 0 Å². The highest BCUT2D eigenvalue weighted by atomic mass is 79.9. The van der Waals surface area contributed by atoms with Crippen LogP contribution in [0.25, 0.3) is 6.08 Å². The van der Waals surface area contributed by atoms with E-state index in [1.165, 1.54) is 12.1 Å². The molecule has 1 amide bonds. The smallest absolute Gasteiger partial charge is 0.262 e. The minimum atomic E-state index is -0.485. The predicted octanol–water partition coefficient (Wildman–Crippen LogP) is 3.28. The second kappa shape index (κ2) is 6.96. The number of nitriles is 1. The Morgan fingerprint density at radius 2 is 2.23 bits per heavy atom. The summed E-state index contributed by atoms with van der Waals surface area (Å²) in [4.78, 5) is 12.0. The molecule has 0 bridgehead atoms. The Morgan fingerprint density at radius 3 is 2.82 bits per heavy atom. The van der Waals surface area contributed by atoms with Crippen LogP contribution in [-0.2, 0) is 11.3 Å². The van der Waals surface area contributed by atoms with Crippen molar-refractivity contribution in [2.24, 2.45) is 0 Å². The third-order valence-electron chi connectivity index (χ3n) is 2.87. The fourth-order valence-electron chi connectivity index (χ4n) is 1.77. The maximum atomic E-state index is 12.0. The number of nitrogens with one attached hydrogen (secondary N) is 1. The van der Waals surface area contributed by atoms with E-state index in [1.54, 1.807) is 24.3 Å². The van der Waals surface area contributed by atoms with Crippen LogP contribution in [0.3, 0.4) is 0 Å². The van der Waals surface area contributed by atoms with Crippen LogP contribution in [0.15, 0.2) is 44.8 Å². The number of halogens is 1. The monoisotopic (exact) mass is 360 g/mol. The normalized spacial score (nSPS) is 11.0. The molecule has 22 heavy (non-hydrogen) atoms. The molecule has 0 aliphatic heterocycles. The number of amides is 1. The fraction of sp³-hybridized carbons (Fsp3) is 0.125. The van der Waals surface area contributed by atoms with Crippen molar-refractivity contribution in [2.45, 2.75) is 13.5 Å². The minimum absolute atomic E-state index is 0.0270. The van der Waals surface area contributed by atoms with Crippen molar-refractivity contribution < 1.29 is 14.3 Å². The summed E-state index contributed by atoms with van der Waals surface area (Å²) in [5.74, 6) is 0.985. The van der Waals surface area contributed by atoms with Gasteiger partial charge in [0.15, 0.2) is 0 Å².